The van der Waals surface area contributed by atoms with Crippen molar-refractivity contribution in [3.63, 3.8) is 0 Å². The molecule has 1 N–H and O–H groups in total. The molecule has 1 aromatic carbocycles. The van der Waals surface area contributed by atoms with Crippen LogP contribution in [0.2, 0.25) is 10.0 Å². The number of rotatable bonds is 2. The first-order valence-corrected chi connectivity index (χ1v) is 6.61. The van der Waals surface area contributed by atoms with Gasteiger partial charge in [-0.3, -0.25) is 4.90 Å². The van der Waals surface area contributed by atoms with Crippen LogP contribution in [0.5, 0.6) is 0 Å². The first kappa shape index (κ1) is 17.9. The quantitative estimate of drug-likeness (QED) is 0.870. The molecule has 2 nitrogen and oxygen atoms in total. The SMILES string of the molecule is Cl.FC(F)(F)[C@@H](c1ccc(Cl)cc1Cl)N1CCNCC1. The number of halogens is 6. The third kappa shape index (κ3) is 4.15. The molecule has 0 amide bonds. The van der Waals surface area contributed by atoms with E-state index in [1.807, 2.05) is 0 Å². The molecular weight excluding hydrogens is 335 g/mol. The van der Waals surface area contributed by atoms with E-state index in [1.54, 1.807) is 0 Å². The number of nitrogens with one attached hydrogen (secondary N) is 1. The fourth-order valence-electron chi connectivity index (χ4n) is 2.24. The van der Waals surface area contributed by atoms with Gasteiger partial charge in [0.05, 0.1) is 0 Å². The van der Waals surface area contributed by atoms with Gasteiger partial charge >= 0.3 is 6.18 Å². The minimum atomic E-state index is -4.37. The van der Waals surface area contributed by atoms with E-state index in [9.17, 15) is 13.2 Å². The normalized spacial score (nSPS) is 18.4. The molecule has 0 saturated carbocycles. The van der Waals surface area contributed by atoms with Gasteiger partial charge in [0.15, 0.2) is 0 Å². The summed E-state index contributed by atoms with van der Waals surface area (Å²) in [5, 5.41) is 3.41. The highest BCUT2D eigenvalue weighted by Gasteiger charge is 2.45. The molecule has 114 valence electrons. The first-order chi connectivity index (χ1) is 8.89. The minimum absolute atomic E-state index is 0. The fourth-order valence-corrected chi connectivity index (χ4v) is 2.76. The van der Waals surface area contributed by atoms with Crippen LogP contribution in [-0.4, -0.2) is 37.3 Å². The Morgan fingerprint density at radius 1 is 1.15 bits per heavy atom. The molecule has 1 fully saturated rings. The van der Waals surface area contributed by atoms with Crippen LogP contribution in [0.25, 0.3) is 0 Å². The van der Waals surface area contributed by atoms with Crippen molar-refractivity contribution in [3.05, 3.63) is 33.8 Å². The van der Waals surface area contributed by atoms with Crippen LogP contribution in [-0.2, 0) is 0 Å². The lowest BCUT2D eigenvalue weighted by Crippen LogP contribution is -2.49. The maximum Gasteiger partial charge on any atom is 0.408 e. The van der Waals surface area contributed by atoms with Gasteiger partial charge in [0.1, 0.15) is 6.04 Å². The molecule has 1 atom stereocenters. The molecule has 1 saturated heterocycles. The summed E-state index contributed by atoms with van der Waals surface area (Å²) < 4.78 is 40.0. The highest BCUT2D eigenvalue weighted by molar-refractivity contribution is 6.35. The lowest BCUT2D eigenvalue weighted by atomic mass is 10.0. The molecule has 0 bridgehead atoms. The number of nitrogens with zero attached hydrogens (tertiary/aromatic N) is 1. The van der Waals surface area contributed by atoms with Crippen LogP contribution in [0.15, 0.2) is 18.2 Å². The number of hydrogen-bond acceptors (Lipinski definition) is 2. The van der Waals surface area contributed by atoms with Gasteiger partial charge in [-0.25, -0.2) is 0 Å². The summed E-state index contributed by atoms with van der Waals surface area (Å²) in [6.45, 7) is 1.75. The van der Waals surface area contributed by atoms with Crippen LogP contribution >= 0.6 is 35.6 Å². The van der Waals surface area contributed by atoms with Crippen molar-refractivity contribution in [2.45, 2.75) is 12.2 Å². The molecule has 0 radical (unpaired) electrons. The van der Waals surface area contributed by atoms with Crippen LogP contribution < -0.4 is 5.32 Å². The van der Waals surface area contributed by atoms with Crippen molar-refractivity contribution in [2.24, 2.45) is 0 Å². The molecular formula is C12H14Cl3F3N2. The van der Waals surface area contributed by atoms with Gasteiger partial charge in [-0.05, 0) is 17.7 Å². The Labute approximate surface area is 131 Å². The Hall–Kier alpha value is -0.200. The standard InChI is InChI=1S/C12H13Cl2F3N2.ClH/c13-8-1-2-9(10(14)7-8)11(12(15,16)17)19-5-3-18-4-6-19;/h1-2,7,11,18H,3-6H2;1H/t11-;/m1./s1. The zero-order chi connectivity index (χ0) is 14.0. The minimum Gasteiger partial charge on any atom is -0.314 e. The second-order valence-corrected chi connectivity index (χ2v) is 5.24. The van der Waals surface area contributed by atoms with Crippen molar-refractivity contribution in [1.82, 2.24) is 10.2 Å². The van der Waals surface area contributed by atoms with Crippen molar-refractivity contribution in [3.8, 4) is 0 Å². The second-order valence-electron chi connectivity index (χ2n) is 4.40. The Balaban J connectivity index is 0.00000200. The van der Waals surface area contributed by atoms with Crippen molar-refractivity contribution >= 4 is 35.6 Å². The molecule has 0 spiro atoms. The highest BCUT2D eigenvalue weighted by atomic mass is 35.5. The van der Waals surface area contributed by atoms with E-state index in [1.165, 1.54) is 23.1 Å². The van der Waals surface area contributed by atoms with Crippen LogP contribution in [0, 0.1) is 0 Å². The van der Waals surface area contributed by atoms with E-state index in [0.717, 1.165) is 0 Å². The van der Waals surface area contributed by atoms with E-state index >= 15 is 0 Å². The monoisotopic (exact) mass is 348 g/mol. The van der Waals surface area contributed by atoms with Gasteiger partial charge in [-0.2, -0.15) is 13.2 Å². The van der Waals surface area contributed by atoms with Crippen molar-refractivity contribution in [1.29, 1.82) is 0 Å². The molecule has 8 heteroatoms. The number of alkyl halides is 3. The molecule has 1 aliphatic heterocycles. The van der Waals surface area contributed by atoms with Gasteiger partial charge in [-0.1, -0.05) is 29.3 Å². The Bertz CT molecular complexity index is 448. The van der Waals surface area contributed by atoms with E-state index in [2.05, 4.69) is 5.32 Å². The van der Waals surface area contributed by atoms with Gasteiger partial charge < -0.3 is 5.32 Å². The van der Waals surface area contributed by atoms with Crippen LogP contribution in [0.4, 0.5) is 13.2 Å². The topological polar surface area (TPSA) is 15.3 Å². The second kappa shape index (κ2) is 7.18. The lowest BCUT2D eigenvalue weighted by molar-refractivity contribution is -0.187. The maximum absolute atomic E-state index is 13.3. The molecule has 1 aliphatic rings. The Morgan fingerprint density at radius 3 is 2.25 bits per heavy atom. The summed E-state index contributed by atoms with van der Waals surface area (Å²) in [5.41, 5.74) is 0.0560. The Kier molecular flexibility index (Phi) is 6.41. The zero-order valence-electron chi connectivity index (χ0n) is 10.4. The van der Waals surface area contributed by atoms with Gasteiger partial charge in [-0.15, -0.1) is 12.4 Å². The summed E-state index contributed by atoms with van der Waals surface area (Å²) >= 11 is 11.7. The van der Waals surface area contributed by atoms with Crippen molar-refractivity contribution in [2.75, 3.05) is 26.2 Å². The van der Waals surface area contributed by atoms with Crippen LogP contribution in [0.3, 0.4) is 0 Å². The third-order valence-corrected chi connectivity index (χ3v) is 3.65. The first-order valence-electron chi connectivity index (χ1n) is 5.86. The van der Waals surface area contributed by atoms with E-state index < -0.39 is 12.2 Å². The molecule has 0 unspecified atom stereocenters. The van der Waals surface area contributed by atoms with E-state index in [-0.39, 0.29) is 23.0 Å². The van der Waals surface area contributed by atoms with Crippen LogP contribution in [0.1, 0.15) is 11.6 Å². The summed E-state index contributed by atoms with van der Waals surface area (Å²) in [7, 11) is 0. The average Bonchev–Trinajstić information content (AvgIpc) is 2.32. The highest BCUT2D eigenvalue weighted by Crippen LogP contribution is 2.41. The molecule has 1 heterocycles. The molecule has 1 aromatic rings. The zero-order valence-corrected chi connectivity index (χ0v) is 12.7. The van der Waals surface area contributed by atoms with Gasteiger partial charge in [0, 0.05) is 36.2 Å². The third-order valence-electron chi connectivity index (χ3n) is 3.08. The lowest BCUT2D eigenvalue weighted by Gasteiger charge is -2.36. The number of benzene rings is 1. The summed E-state index contributed by atoms with van der Waals surface area (Å²) in [6.07, 6.45) is -4.37. The van der Waals surface area contributed by atoms with Gasteiger partial charge in [0.25, 0.3) is 0 Å². The Morgan fingerprint density at radius 2 is 1.75 bits per heavy atom. The molecule has 0 aromatic heterocycles. The number of hydrogen-bond donors (Lipinski definition) is 1. The van der Waals surface area contributed by atoms with E-state index in [0.29, 0.717) is 31.2 Å². The predicted molar refractivity (Wildman–Crippen MR) is 76.9 cm³/mol. The summed E-state index contributed by atoms with van der Waals surface area (Å²) in [4.78, 5) is 1.39. The summed E-state index contributed by atoms with van der Waals surface area (Å²) in [5.74, 6) is 0. The van der Waals surface area contributed by atoms with Crippen molar-refractivity contribution < 1.29 is 13.2 Å². The largest absolute Gasteiger partial charge is 0.408 e. The fraction of sp³-hybridized carbons (Fsp3) is 0.500. The van der Waals surface area contributed by atoms with E-state index in [4.69, 9.17) is 23.2 Å². The molecule has 20 heavy (non-hydrogen) atoms. The molecule has 0 aliphatic carbocycles. The summed E-state index contributed by atoms with van der Waals surface area (Å²) in [6, 6.07) is 2.45. The average molecular weight is 350 g/mol. The number of piperazine rings is 1. The molecule has 2 rings (SSSR count). The smallest absolute Gasteiger partial charge is 0.314 e. The maximum atomic E-state index is 13.3. The van der Waals surface area contributed by atoms with Gasteiger partial charge in [0.2, 0.25) is 0 Å². The predicted octanol–water partition coefficient (Wildman–Crippen LogP) is 3.92.